The normalized spacial score (nSPS) is 20.6. The molecule has 0 aromatic heterocycles. The van der Waals surface area contributed by atoms with Crippen LogP contribution in [0.15, 0.2) is 0 Å². The molecule has 4 radical (unpaired) electrons. The summed E-state index contributed by atoms with van der Waals surface area (Å²) in [6, 6.07) is 0. The van der Waals surface area contributed by atoms with Crippen LogP contribution in [0.2, 0.25) is 0 Å². The Morgan fingerprint density at radius 2 is 1.32 bits per heavy atom. The second-order valence-electron chi connectivity index (χ2n) is 6.16. The van der Waals surface area contributed by atoms with E-state index < -0.39 is 5.97 Å². The molecule has 4 N–H and O–H groups in total. The molecule has 0 atom stereocenters. The topological polar surface area (TPSA) is 105 Å². The van der Waals surface area contributed by atoms with E-state index in [1.807, 2.05) is 9.80 Å². The van der Waals surface area contributed by atoms with Crippen LogP contribution in [0.3, 0.4) is 0 Å². The number of hydrogen-bond donors (Lipinski definition) is 3. The molecule has 1 amide bonds. The molecule has 0 aliphatic carbocycles. The van der Waals surface area contributed by atoms with E-state index >= 15 is 0 Å². The molecule has 0 aromatic carbocycles. The number of nitrogens with zero attached hydrogens (tertiary/aromatic N) is 4. The third-order valence-electron chi connectivity index (χ3n) is 4.01. The summed E-state index contributed by atoms with van der Waals surface area (Å²) in [6.45, 7) is 5.61. The molecule has 0 saturated carbocycles. The fourth-order valence-corrected chi connectivity index (χ4v) is 2.50. The van der Waals surface area contributed by atoms with Gasteiger partial charge in [-0.2, -0.15) is 0 Å². The van der Waals surface area contributed by atoms with Gasteiger partial charge >= 0.3 is 5.97 Å². The number of nitrogens with two attached hydrogens (primary N) is 1. The van der Waals surface area contributed by atoms with Gasteiger partial charge in [-0.3, -0.25) is 29.2 Å². The van der Waals surface area contributed by atoms with Crippen molar-refractivity contribution in [2.24, 2.45) is 5.73 Å². The van der Waals surface area contributed by atoms with Crippen LogP contribution < -0.4 is 11.1 Å². The second kappa shape index (κ2) is 12.2. The molecular weight excluding hydrogens is 324 g/mol. The van der Waals surface area contributed by atoms with Crippen molar-refractivity contribution in [3.05, 3.63) is 14.1 Å². The molecule has 1 aliphatic rings. The third kappa shape index (κ3) is 10.4. The number of carbonyl (C=O) groups excluding carboxylic acids is 1. The average molecular weight is 354 g/mol. The Balaban J connectivity index is 2.65. The van der Waals surface area contributed by atoms with Gasteiger partial charge in [0, 0.05) is 79.5 Å². The number of hydrogen-bond acceptors (Lipinski definition) is 7. The molecule has 9 nitrogen and oxygen atoms in total. The number of nitrogens with one attached hydrogen (secondary N) is 1. The van der Waals surface area contributed by atoms with E-state index in [1.54, 1.807) is 9.80 Å². The summed E-state index contributed by atoms with van der Waals surface area (Å²) in [5.74, 6) is -0.977. The summed E-state index contributed by atoms with van der Waals surface area (Å²) in [6.07, 6.45) is 0. The molecule has 0 aromatic rings. The van der Waals surface area contributed by atoms with E-state index in [1.165, 1.54) is 0 Å². The van der Waals surface area contributed by atoms with Crippen molar-refractivity contribution in [2.75, 3.05) is 78.5 Å². The van der Waals surface area contributed by atoms with E-state index in [0.717, 1.165) is 0 Å². The SMILES string of the molecule is [CH]N1CCN([CH])CCN(CC(=O)NCCN)CCN(CC(=O)O)CC1. The van der Waals surface area contributed by atoms with Crippen LogP contribution in [-0.4, -0.2) is 115 Å². The first-order valence-corrected chi connectivity index (χ1v) is 8.53. The molecule has 25 heavy (non-hydrogen) atoms. The van der Waals surface area contributed by atoms with Crippen molar-refractivity contribution in [1.82, 2.24) is 24.9 Å². The first kappa shape index (κ1) is 21.8. The Morgan fingerprint density at radius 1 is 0.880 bits per heavy atom. The van der Waals surface area contributed by atoms with Gasteiger partial charge in [0.15, 0.2) is 0 Å². The number of carboxylic acid groups (broad SMARTS) is 1. The number of rotatable bonds is 6. The highest BCUT2D eigenvalue weighted by atomic mass is 16.4. The maximum Gasteiger partial charge on any atom is 0.317 e. The van der Waals surface area contributed by atoms with Crippen LogP contribution >= 0.6 is 0 Å². The minimum absolute atomic E-state index is 0.0515. The first-order valence-electron chi connectivity index (χ1n) is 8.53. The minimum atomic E-state index is -0.879. The Morgan fingerprint density at radius 3 is 1.80 bits per heavy atom. The van der Waals surface area contributed by atoms with Crippen LogP contribution in [-0.2, 0) is 9.59 Å². The Labute approximate surface area is 150 Å². The monoisotopic (exact) mass is 354 g/mol. The van der Waals surface area contributed by atoms with Crippen LogP contribution in [0.25, 0.3) is 0 Å². The van der Waals surface area contributed by atoms with Gasteiger partial charge in [-0.25, -0.2) is 0 Å². The van der Waals surface area contributed by atoms with Gasteiger partial charge in [0.05, 0.1) is 13.1 Å². The molecule has 0 unspecified atom stereocenters. The molecule has 1 saturated heterocycles. The smallest absolute Gasteiger partial charge is 0.317 e. The second-order valence-corrected chi connectivity index (χ2v) is 6.16. The van der Waals surface area contributed by atoms with Gasteiger partial charge < -0.3 is 16.2 Å². The summed E-state index contributed by atoms with van der Waals surface area (Å²) < 4.78 is 0. The molecule has 1 rings (SSSR count). The average Bonchev–Trinajstić information content (AvgIpc) is 2.56. The van der Waals surface area contributed by atoms with Crippen molar-refractivity contribution in [3.63, 3.8) is 0 Å². The van der Waals surface area contributed by atoms with Crippen LogP contribution in [0.1, 0.15) is 0 Å². The Bertz CT molecular complexity index is 409. The van der Waals surface area contributed by atoms with Crippen LogP contribution in [0.5, 0.6) is 0 Å². The van der Waals surface area contributed by atoms with Gasteiger partial charge in [-0.1, -0.05) is 0 Å². The van der Waals surface area contributed by atoms with Crippen molar-refractivity contribution in [3.8, 4) is 0 Å². The maximum atomic E-state index is 11.9. The molecule has 1 aliphatic heterocycles. The van der Waals surface area contributed by atoms with Crippen LogP contribution in [0.4, 0.5) is 0 Å². The predicted octanol–water partition coefficient (Wildman–Crippen LogP) is -2.30. The highest BCUT2D eigenvalue weighted by Gasteiger charge is 2.17. The molecule has 9 heteroatoms. The lowest BCUT2D eigenvalue weighted by molar-refractivity contribution is -0.138. The zero-order chi connectivity index (χ0) is 18.7. The summed E-state index contributed by atoms with van der Waals surface area (Å²) in [7, 11) is 11.9. The number of amides is 1. The largest absolute Gasteiger partial charge is 0.480 e. The molecule has 142 valence electrons. The van der Waals surface area contributed by atoms with Crippen molar-refractivity contribution < 1.29 is 14.7 Å². The first-order chi connectivity index (χ1) is 11.9. The number of carboxylic acids is 1. The van der Waals surface area contributed by atoms with Gasteiger partial charge in [0.25, 0.3) is 0 Å². The molecule has 0 bridgehead atoms. The Hall–Kier alpha value is -1.26. The fraction of sp³-hybridized carbons (Fsp3) is 0.750. The highest BCUT2D eigenvalue weighted by Crippen LogP contribution is 1.99. The lowest BCUT2D eigenvalue weighted by Gasteiger charge is -2.31. The number of aliphatic carboxylic acids is 1. The van der Waals surface area contributed by atoms with Crippen LogP contribution in [0, 0.1) is 14.1 Å². The predicted molar refractivity (Wildman–Crippen MR) is 94.3 cm³/mol. The Kier molecular flexibility index (Phi) is 10.6. The standard InChI is InChI=1S/C16H30N6O3/c1-19-5-6-20(2)8-10-22(14-16(24)25)12-11-21(9-7-19)13-15(23)18-4-3-17/h1-2H,3-14,17H2,(H,18,23)(H,24,25). The van der Waals surface area contributed by atoms with Crippen molar-refractivity contribution in [2.45, 2.75) is 0 Å². The van der Waals surface area contributed by atoms with E-state index in [2.05, 4.69) is 5.32 Å². The summed E-state index contributed by atoms with van der Waals surface area (Å²) in [5.41, 5.74) is 5.39. The molecule has 1 fully saturated rings. The molecule has 0 spiro atoms. The summed E-state index contributed by atoms with van der Waals surface area (Å²) in [5, 5.41) is 11.8. The third-order valence-corrected chi connectivity index (χ3v) is 4.01. The fourth-order valence-electron chi connectivity index (χ4n) is 2.50. The van der Waals surface area contributed by atoms with Crippen molar-refractivity contribution >= 4 is 11.9 Å². The highest BCUT2D eigenvalue weighted by molar-refractivity contribution is 5.78. The summed E-state index contributed by atoms with van der Waals surface area (Å²) in [4.78, 5) is 30.1. The van der Waals surface area contributed by atoms with Gasteiger partial charge in [0.2, 0.25) is 5.91 Å². The number of carbonyl (C=O) groups is 2. The summed E-state index contributed by atoms with van der Waals surface area (Å²) >= 11 is 0. The lowest BCUT2D eigenvalue weighted by Crippen LogP contribution is -2.47. The quantitative estimate of drug-likeness (QED) is 0.489. The van der Waals surface area contributed by atoms with E-state index in [9.17, 15) is 9.59 Å². The van der Waals surface area contributed by atoms with E-state index in [-0.39, 0.29) is 19.0 Å². The van der Waals surface area contributed by atoms with E-state index in [0.29, 0.717) is 65.4 Å². The molecular formula is C16H30N6O3. The maximum absolute atomic E-state index is 11.9. The van der Waals surface area contributed by atoms with Crippen molar-refractivity contribution in [1.29, 1.82) is 0 Å². The zero-order valence-corrected chi connectivity index (χ0v) is 14.8. The lowest BCUT2D eigenvalue weighted by atomic mass is 10.3. The zero-order valence-electron chi connectivity index (χ0n) is 14.8. The van der Waals surface area contributed by atoms with Gasteiger partial charge in [-0.15, -0.1) is 0 Å². The molecule has 1 heterocycles. The van der Waals surface area contributed by atoms with Gasteiger partial charge in [-0.05, 0) is 0 Å². The van der Waals surface area contributed by atoms with Gasteiger partial charge in [0.1, 0.15) is 0 Å². The van der Waals surface area contributed by atoms with E-state index in [4.69, 9.17) is 24.9 Å². The minimum Gasteiger partial charge on any atom is -0.480 e.